The van der Waals surface area contributed by atoms with Crippen molar-refractivity contribution < 1.29 is 4.43 Å². The zero-order chi connectivity index (χ0) is 23.3. The highest BCUT2D eigenvalue weighted by molar-refractivity contribution is 6.69. The Balaban J connectivity index is 1.46. The Bertz CT molecular complexity index is 689. The van der Waals surface area contributed by atoms with E-state index in [9.17, 15) is 0 Å². The molecule has 0 bridgehead atoms. The Morgan fingerprint density at radius 3 is 2.41 bits per heavy atom. The van der Waals surface area contributed by atoms with E-state index in [1.54, 1.807) is 5.57 Å². The van der Waals surface area contributed by atoms with Crippen LogP contribution < -0.4 is 0 Å². The molecule has 0 aromatic heterocycles. The van der Waals surface area contributed by atoms with Crippen molar-refractivity contribution in [3.8, 4) is 0 Å². The SMILES string of the molecule is CC(C)CCC[C@@H](C)[C@H]1CC[C@H]2[C@@H]3CC=C4C[C@@H](O[Si](C)(C)C)CC[C@]4(C)[C@H]3CC[C@]12C. The summed E-state index contributed by atoms with van der Waals surface area (Å²) >= 11 is 0. The van der Waals surface area contributed by atoms with Crippen molar-refractivity contribution in [2.24, 2.45) is 46.3 Å². The molecule has 0 radical (unpaired) electrons. The molecule has 0 amide bonds. The third kappa shape index (κ3) is 4.71. The van der Waals surface area contributed by atoms with Crippen molar-refractivity contribution in [1.82, 2.24) is 0 Å². The lowest BCUT2D eigenvalue weighted by Gasteiger charge is -2.58. The van der Waals surface area contributed by atoms with Gasteiger partial charge in [0.15, 0.2) is 8.32 Å². The summed E-state index contributed by atoms with van der Waals surface area (Å²) in [7, 11) is -1.45. The van der Waals surface area contributed by atoms with Crippen LogP contribution in [0.25, 0.3) is 0 Å². The van der Waals surface area contributed by atoms with Gasteiger partial charge in [-0.25, -0.2) is 0 Å². The minimum absolute atomic E-state index is 0.463. The Labute approximate surface area is 201 Å². The average Bonchev–Trinajstić information content (AvgIpc) is 3.04. The molecule has 184 valence electrons. The molecule has 0 saturated heterocycles. The van der Waals surface area contributed by atoms with Crippen molar-refractivity contribution >= 4 is 8.32 Å². The van der Waals surface area contributed by atoms with Crippen LogP contribution >= 0.6 is 0 Å². The Hall–Kier alpha value is -0.0831. The topological polar surface area (TPSA) is 9.23 Å². The molecule has 0 aliphatic heterocycles. The second-order valence-corrected chi connectivity index (χ2v) is 18.8. The van der Waals surface area contributed by atoms with Gasteiger partial charge in [0.25, 0.3) is 0 Å². The van der Waals surface area contributed by atoms with Gasteiger partial charge in [-0.2, -0.15) is 0 Å². The van der Waals surface area contributed by atoms with E-state index >= 15 is 0 Å². The van der Waals surface area contributed by atoms with Crippen LogP contribution in [0.15, 0.2) is 11.6 Å². The quantitative estimate of drug-likeness (QED) is 0.273. The Kier molecular flexibility index (Phi) is 7.17. The fourth-order valence-corrected chi connectivity index (χ4v) is 10.5. The van der Waals surface area contributed by atoms with Crippen molar-refractivity contribution in [3.63, 3.8) is 0 Å². The van der Waals surface area contributed by atoms with Crippen molar-refractivity contribution in [3.05, 3.63) is 11.6 Å². The van der Waals surface area contributed by atoms with E-state index in [2.05, 4.69) is 60.3 Å². The molecule has 0 N–H and O–H groups in total. The van der Waals surface area contributed by atoms with E-state index in [0.29, 0.717) is 16.9 Å². The average molecular weight is 459 g/mol. The summed E-state index contributed by atoms with van der Waals surface area (Å²) in [6, 6.07) is 0. The second-order valence-electron chi connectivity index (χ2n) is 14.4. The summed E-state index contributed by atoms with van der Waals surface area (Å²) in [6.07, 6.45) is 18.8. The Morgan fingerprint density at radius 2 is 1.72 bits per heavy atom. The first-order valence-corrected chi connectivity index (χ1v) is 17.7. The van der Waals surface area contributed by atoms with Crippen LogP contribution in [-0.2, 0) is 4.43 Å². The fraction of sp³-hybridized carbons (Fsp3) is 0.933. The third-order valence-corrected chi connectivity index (χ3v) is 11.8. The summed E-state index contributed by atoms with van der Waals surface area (Å²) in [5, 5.41) is 0. The van der Waals surface area contributed by atoms with Gasteiger partial charge < -0.3 is 4.43 Å². The van der Waals surface area contributed by atoms with E-state index in [-0.39, 0.29) is 0 Å². The first-order valence-electron chi connectivity index (χ1n) is 14.3. The van der Waals surface area contributed by atoms with Gasteiger partial charge in [0, 0.05) is 6.10 Å². The van der Waals surface area contributed by atoms with Gasteiger partial charge in [-0.1, -0.05) is 65.5 Å². The molecule has 0 aromatic carbocycles. The highest BCUT2D eigenvalue weighted by Gasteiger charge is 2.59. The van der Waals surface area contributed by atoms with Crippen molar-refractivity contribution in [1.29, 1.82) is 0 Å². The molecular formula is C30H54OSi. The summed E-state index contributed by atoms with van der Waals surface area (Å²) < 4.78 is 6.58. The van der Waals surface area contributed by atoms with Crippen molar-refractivity contribution in [2.45, 2.75) is 131 Å². The standard InChI is InChI=1S/C30H54OSi/c1-21(2)10-9-11-22(3)26-14-15-27-25-13-12-23-20-24(31-32(6,7)8)16-18-29(23,4)28(25)17-19-30(26,27)5/h12,21-22,24-28H,9-11,13-20H2,1-8H3/t22-,24+,25+,26-,27+,28+,29+,30-/m1/s1. The number of fused-ring (bicyclic) bond motifs is 5. The first-order chi connectivity index (χ1) is 14.9. The fourth-order valence-electron chi connectivity index (χ4n) is 9.25. The number of hydrogen-bond acceptors (Lipinski definition) is 1. The first kappa shape index (κ1) is 25.0. The van der Waals surface area contributed by atoms with Gasteiger partial charge in [-0.15, -0.1) is 0 Å². The highest BCUT2D eigenvalue weighted by Crippen LogP contribution is 2.67. The zero-order valence-electron chi connectivity index (χ0n) is 22.8. The molecule has 0 spiro atoms. The predicted octanol–water partition coefficient (Wildman–Crippen LogP) is 9.25. The van der Waals surface area contributed by atoms with Crippen LogP contribution in [0.2, 0.25) is 19.6 Å². The highest BCUT2D eigenvalue weighted by atomic mass is 28.4. The summed E-state index contributed by atoms with van der Waals surface area (Å²) in [5.74, 6) is 5.61. The minimum Gasteiger partial charge on any atom is -0.414 e. The minimum atomic E-state index is -1.45. The molecule has 1 nitrogen and oxygen atoms in total. The molecule has 3 fully saturated rings. The van der Waals surface area contributed by atoms with E-state index < -0.39 is 8.32 Å². The predicted molar refractivity (Wildman–Crippen MR) is 141 cm³/mol. The maximum absolute atomic E-state index is 6.58. The molecule has 0 unspecified atom stereocenters. The molecule has 4 aliphatic rings. The smallest absolute Gasteiger partial charge is 0.184 e. The molecule has 8 atom stereocenters. The molecule has 32 heavy (non-hydrogen) atoms. The molecule has 2 heteroatoms. The van der Waals surface area contributed by atoms with E-state index in [1.165, 1.54) is 70.6 Å². The molecule has 0 heterocycles. The maximum atomic E-state index is 6.58. The van der Waals surface area contributed by atoms with Crippen molar-refractivity contribution in [2.75, 3.05) is 0 Å². The second kappa shape index (κ2) is 9.18. The molecule has 4 rings (SSSR count). The lowest BCUT2D eigenvalue weighted by molar-refractivity contribution is -0.0563. The largest absolute Gasteiger partial charge is 0.414 e. The number of rotatable bonds is 7. The number of hydrogen-bond donors (Lipinski definition) is 0. The van der Waals surface area contributed by atoms with E-state index in [0.717, 1.165) is 35.5 Å². The van der Waals surface area contributed by atoms with Gasteiger partial charge in [-0.05, 0) is 117 Å². The van der Waals surface area contributed by atoms with Crippen LogP contribution in [-0.4, -0.2) is 14.4 Å². The third-order valence-electron chi connectivity index (χ3n) is 10.8. The normalized spacial score (nSPS) is 42.8. The van der Waals surface area contributed by atoms with Crippen LogP contribution in [0.4, 0.5) is 0 Å². The molecule has 3 saturated carbocycles. The van der Waals surface area contributed by atoms with Gasteiger partial charge >= 0.3 is 0 Å². The summed E-state index contributed by atoms with van der Waals surface area (Å²) in [6.45, 7) is 19.8. The summed E-state index contributed by atoms with van der Waals surface area (Å²) in [5.41, 5.74) is 2.86. The van der Waals surface area contributed by atoms with E-state index in [4.69, 9.17) is 4.43 Å². The Morgan fingerprint density at radius 1 is 0.969 bits per heavy atom. The summed E-state index contributed by atoms with van der Waals surface area (Å²) in [4.78, 5) is 0. The zero-order valence-corrected chi connectivity index (χ0v) is 23.8. The van der Waals surface area contributed by atoms with Gasteiger partial charge in [0.1, 0.15) is 0 Å². The number of allylic oxidation sites excluding steroid dienone is 1. The van der Waals surface area contributed by atoms with Crippen LogP contribution in [0.5, 0.6) is 0 Å². The van der Waals surface area contributed by atoms with Crippen LogP contribution in [0, 0.1) is 46.3 Å². The van der Waals surface area contributed by atoms with Gasteiger partial charge in [0.05, 0.1) is 0 Å². The van der Waals surface area contributed by atoms with Gasteiger partial charge in [0.2, 0.25) is 0 Å². The molecule has 4 aliphatic carbocycles. The van der Waals surface area contributed by atoms with Crippen LogP contribution in [0.3, 0.4) is 0 Å². The molecule has 0 aromatic rings. The lowest BCUT2D eigenvalue weighted by atomic mass is 9.47. The monoisotopic (exact) mass is 458 g/mol. The van der Waals surface area contributed by atoms with Crippen LogP contribution in [0.1, 0.15) is 105 Å². The van der Waals surface area contributed by atoms with E-state index in [1.807, 2.05) is 0 Å². The lowest BCUT2D eigenvalue weighted by Crippen LogP contribution is -2.51. The molecular weight excluding hydrogens is 404 g/mol. The van der Waals surface area contributed by atoms with Gasteiger partial charge in [-0.3, -0.25) is 0 Å². The maximum Gasteiger partial charge on any atom is 0.184 e.